The van der Waals surface area contributed by atoms with Crippen LogP contribution in [0, 0.1) is 30.0 Å². The van der Waals surface area contributed by atoms with Crippen molar-refractivity contribution in [3.8, 4) is 6.07 Å². The zero-order chi connectivity index (χ0) is 28.9. The summed E-state index contributed by atoms with van der Waals surface area (Å²) in [5.74, 6) is -4.31. The second kappa shape index (κ2) is 10.4. The Hall–Kier alpha value is -3.45. The molecule has 0 unspecified atom stereocenters. The first-order valence-electron chi connectivity index (χ1n) is 14.6. The molecule has 3 aliphatic heterocycles. The molecule has 0 radical (unpaired) electrons. The second-order valence-electron chi connectivity index (χ2n) is 11.9. The van der Waals surface area contributed by atoms with Gasteiger partial charge in [0.15, 0.2) is 0 Å². The van der Waals surface area contributed by atoms with Gasteiger partial charge in [0.25, 0.3) is 11.5 Å². The summed E-state index contributed by atoms with van der Waals surface area (Å²) in [4.78, 5) is 25.2. The molecule has 216 valence electrons. The van der Waals surface area contributed by atoms with Gasteiger partial charge in [0.1, 0.15) is 23.1 Å². The predicted molar refractivity (Wildman–Crippen MR) is 150 cm³/mol. The quantitative estimate of drug-likeness (QED) is 0.393. The monoisotopic (exact) mass is 564 g/mol. The van der Waals surface area contributed by atoms with E-state index in [-0.39, 0.29) is 11.1 Å². The molecule has 5 heterocycles. The third kappa shape index (κ3) is 4.88. The zero-order valence-corrected chi connectivity index (χ0v) is 23.5. The number of hydrogen-bond acceptors (Lipinski definition) is 6. The van der Waals surface area contributed by atoms with Gasteiger partial charge < -0.3 is 10.2 Å². The number of pyridine rings is 1. The lowest BCUT2D eigenvalue weighted by Gasteiger charge is -2.36. The molecule has 7 nitrogen and oxygen atoms in total. The smallest absolute Gasteiger partial charge is 0.278 e. The third-order valence-corrected chi connectivity index (χ3v) is 9.20. The van der Waals surface area contributed by atoms with Crippen LogP contribution in [0.15, 0.2) is 29.1 Å². The van der Waals surface area contributed by atoms with E-state index in [4.69, 9.17) is 0 Å². The molecule has 0 spiro atoms. The van der Waals surface area contributed by atoms with Gasteiger partial charge in [-0.1, -0.05) is 24.6 Å². The summed E-state index contributed by atoms with van der Waals surface area (Å²) in [7, 11) is 0. The summed E-state index contributed by atoms with van der Waals surface area (Å²) in [6.07, 6.45) is 4.33. The van der Waals surface area contributed by atoms with Crippen molar-refractivity contribution in [2.75, 3.05) is 25.0 Å². The maximum absolute atomic E-state index is 15.9. The van der Waals surface area contributed by atoms with Crippen molar-refractivity contribution in [3.05, 3.63) is 63.0 Å². The van der Waals surface area contributed by atoms with E-state index < -0.39 is 34.7 Å². The molecule has 41 heavy (non-hydrogen) atoms. The highest BCUT2D eigenvalue weighted by molar-refractivity contribution is 5.88. The molecule has 1 atom stereocenters. The van der Waals surface area contributed by atoms with E-state index in [1.165, 1.54) is 18.2 Å². The maximum atomic E-state index is 15.9. The van der Waals surface area contributed by atoms with Crippen LogP contribution in [0.5, 0.6) is 0 Å². The summed E-state index contributed by atoms with van der Waals surface area (Å²) in [5.41, 5.74) is -0.597. The van der Waals surface area contributed by atoms with Crippen LogP contribution in [-0.4, -0.2) is 39.1 Å². The number of aromatic nitrogens is 3. The molecule has 0 amide bonds. The van der Waals surface area contributed by atoms with Gasteiger partial charge in [-0.25, -0.2) is 23.1 Å². The molecule has 8 bridgehead atoms. The standard InChI is InChI=1S/C31H35F3N6O/c1-19-22-7-6-8-24(26(22)32)31(33,34)21-9-15-39(16-10-21)13-4-3-5-14-40-28-23(27(36-19)37-20(2)38-28)17-25(29(40)41)30(18-35)11-12-30/h6-8,17,19,21H,3-5,9-16H2,1-2H3,(H,36,37,38)/t19-/m1/s1. The Kier molecular flexibility index (Phi) is 7.05. The average Bonchev–Trinajstić information content (AvgIpc) is 3.74. The van der Waals surface area contributed by atoms with Crippen molar-refractivity contribution in [2.45, 2.75) is 82.7 Å². The van der Waals surface area contributed by atoms with Crippen LogP contribution in [0.25, 0.3) is 11.0 Å². The van der Waals surface area contributed by atoms with Gasteiger partial charge in [0, 0.05) is 23.6 Å². The summed E-state index contributed by atoms with van der Waals surface area (Å²) in [6, 6.07) is 7.54. The molecular formula is C31H35F3N6O. The summed E-state index contributed by atoms with van der Waals surface area (Å²) >= 11 is 0. The number of aryl methyl sites for hydroxylation is 2. The zero-order valence-electron chi connectivity index (χ0n) is 23.5. The topological polar surface area (TPSA) is 86.8 Å². The fraction of sp³-hybridized carbons (Fsp3) is 0.548. The first-order chi connectivity index (χ1) is 19.6. The van der Waals surface area contributed by atoms with Crippen molar-refractivity contribution < 1.29 is 13.2 Å². The summed E-state index contributed by atoms with van der Waals surface area (Å²) < 4.78 is 49.0. The average molecular weight is 565 g/mol. The Morgan fingerprint density at radius 3 is 2.49 bits per heavy atom. The van der Waals surface area contributed by atoms with Gasteiger partial charge >= 0.3 is 0 Å². The number of rotatable bonds is 1. The molecule has 4 aliphatic rings. The first-order valence-corrected chi connectivity index (χ1v) is 14.6. The molecule has 1 N–H and O–H groups in total. The lowest BCUT2D eigenvalue weighted by atomic mass is 9.85. The van der Waals surface area contributed by atoms with Gasteiger partial charge in [-0.05, 0) is 78.1 Å². The minimum atomic E-state index is -3.28. The van der Waals surface area contributed by atoms with E-state index in [0.717, 1.165) is 25.8 Å². The number of nitrogens with one attached hydrogen (secondary N) is 1. The fourth-order valence-corrected chi connectivity index (χ4v) is 6.53. The minimum absolute atomic E-state index is 0.117. The van der Waals surface area contributed by atoms with Crippen molar-refractivity contribution in [1.29, 1.82) is 5.26 Å². The van der Waals surface area contributed by atoms with Crippen LogP contribution >= 0.6 is 0 Å². The Morgan fingerprint density at radius 2 is 1.78 bits per heavy atom. The SMILES string of the molecule is Cc1nc2c3cc(C4(C#N)CC4)c(=O)n(c3n1)CCCCCN1CCC(CC1)C(F)(F)c1cccc(c1F)[C@@H](C)N2. The van der Waals surface area contributed by atoms with E-state index in [1.54, 1.807) is 24.5 Å². The summed E-state index contributed by atoms with van der Waals surface area (Å²) in [5, 5.41) is 13.7. The highest BCUT2D eigenvalue weighted by atomic mass is 19.3. The lowest BCUT2D eigenvalue weighted by molar-refractivity contribution is -0.0880. The van der Waals surface area contributed by atoms with E-state index in [2.05, 4.69) is 26.3 Å². The fourth-order valence-electron chi connectivity index (χ4n) is 6.53. The minimum Gasteiger partial charge on any atom is -0.363 e. The second-order valence-corrected chi connectivity index (χ2v) is 11.9. The third-order valence-electron chi connectivity index (χ3n) is 9.20. The van der Waals surface area contributed by atoms with E-state index >= 15 is 13.2 Å². The van der Waals surface area contributed by atoms with Crippen molar-refractivity contribution in [2.24, 2.45) is 5.92 Å². The van der Waals surface area contributed by atoms with Crippen molar-refractivity contribution >= 4 is 16.9 Å². The van der Waals surface area contributed by atoms with Crippen molar-refractivity contribution in [1.82, 2.24) is 19.4 Å². The van der Waals surface area contributed by atoms with Crippen LogP contribution in [0.2, 0.25) is 0 Å². The Balaban J connectivity index is 1.50. The van der Waals surface area contributed by atoms with E-state index in [1.807, 2.05) is 0 Å². The molecule has 1 aromatic carbocycles. The van der Waals surface area contributed by atoms with Gasteiger partial charge in [-0.2, -0.15) is 5.26 Å². The lowest BCUT2D eigenvalue weighted by Crippen LogP contribution is -2.40. The molecular weight excluding hydrogens is 529 g/mol. The van der Waals surface area contributed by atoms with Crippen LogP contribution in [-0.2, 0) is 17.9 Å². The molecule has 2 aromatic heterocycles. The summed E-state index contributed by atoms with van der Waals surface area (Å²) in [6.45, 7) is 5.77. The Bertz CT molecular complexity index is 1580. The van der Waals surface area contributed by atoms with E-state index in [0.29, 0.717) is 73.6 Å². The molecule has 3 aromatic rings. The number of fused-ring (bicyclic) bond motifs is 7. The Morgan fingerprint density at radius 1 is 1.05 bits per heavy atom. The highest BCUT2D eigenvalue weighted by Crippen LogP contribution is 2.47. The molecule has 1 saturated carbocycles. The normalized spacial score (nSPS) is 25.5. The molecule has 1 aliphatic carbocycles. The molecule has 7 rings (SSSR count). The number of nitrogens with zero attached hydrogens (tertiary/aromatic N) is 5. The van der Waals surface area contributed by atoms with Crippen molar-refractivity contribution in [3.63, 3.8) is 0 Å². The Labute approximate surface area is 237 Å². The van der Waals surface area contributed by atoms with Crippen LogP contribution < -0.4 is 10.9 Å². The number of alkyl halides is 2. The predicted octanol–water partition coefficient (Wildman–Crippen LogP) is 5.96. The first kappa shape index (κ1) is 27.7. The number of halogens is 3. The van der Waals surface area contributed by atoms with Crippen LogP contribution in [0.1, 0.15) is 80.4 Å². The number of nitriles is 1. The molecule has 1 saturated heterocycles. The largest absolute Gasteiger partial charge is 0.363 e. The number of anilines is 1. The van der Waals surface area contributed by atoms with Gasteiger partial charge in [-0.15, -0.1) is 0 Å². The van der Waals surface area contributed by atoms with Crippen LogP contribution in [0.4, 0.5) is 19.0 Å². The molecule has 2 fully saturated rings. The number of benzene rings is 1. The highest BCUT2D eigenvalue weighted by Gasteiger charge is 2.48. The van der Waals surface area contributed by atoms with Gasteiger partial charge in [0.2, 0.25) is 0 Å². The molecule has 10 heteroatoms. The maximum Gasteiger partial charge on any atom is 0.278 e. The van der Waals surface area contributed by atoms with Gasteiger partial charge in [-0.3, -0.25) is 9.36 Å². The van der Waals surface area contributed by atoms with Crippen LogP contribution in [0.3, 0.4) is 0 Å². The van der Waals surface area contributed by atoms with Gasteiger partial charge in [0.05, 0.1) is 28.5 Å². The number of hydrogen-bond donors (Lipinski definition) is 1. The number of piperidine rings is 1. The van der Waals surface area contributed by atoms with E-state index in [9.17, 15) is 10.1 Å².